The molecule has 2 aliphatic heterocycles. The lowest BCUT2D eigenvalue weighted by Crippen LogP contribution is -2.53. The van der Waals surface area contributed by atoms with Crippen LogP contribution in [0.25, 0.3) is 0 Å². The molecular weight excluding hydrogens is 452 g/mol. The highest BCUT2D eigenvalue weighted by Gasteiger charge is 2.45. The first-order valence-electron chi connectivity index (χ1n) is 14.0. The zero-order valence-corrected chi connectivity index (χ0v) is 21.4. The molecule has 3 heterocycles. The highest BCUT2D eigenvalue weighted by atomic mass is 16.6. The molecule has 7 rings (SSSR count). The maximum Gasteiger partial charge on any atom is 0.339 e. The summed E-state index contributed by atoms with van der Waals surface area (Å²) in [5.74, 6) is 2.43. The van der Waals surface area contributed by atoms with Crippen LogP contribution < -0.4 is 0 Å². The van der Waals surface area contributed by atoms with E-state index in [9.17, 15) is 9.59 Å². The Hall–Kier alpha value is -2.70. The Morgan fingerprint density at radius 3 is 2.75 bits per heavy atom. The van der Waals surface area contributed by atoms with Gasteiger partial charge in [0.15, 0.2) is 5.60 Å². The molecular formula is C29H38N4O3. The van der Waals surface area contributed by atoms with Crippen molar-refractivity contribution in [2.75, 3.05) is 13.1 Å². The molecule has 192 valence electrons. The summed E-state index contributed by atoms with van der Waals surface area (Å²) in [6, 6.07) is 7.44. The number of hydrogen-bond donors (Lipinski definition) is 0. The van der Waals surface area contributed by atoms with Crippen LogP contribution in [0.1, 0.15) is 92.2 Å². The minimum absolute atomic E-state index is 0.0614. The predicted molar refractivity (Wildman–Crippen MR) is 135 cm³/mol. The van der Waals surface area contributed by atoms with E-state index in [1.165, 1.54) is 37.8 Å². The lowest BCUT2D eigenvalue weighted by Gasteiger charge is -2.41. The van der Waals surface area contributed by atoms with Crippen molar-refractivity contribution in [2.45, 2.75) is 89.2 Å². The predicted octanol–water partition coefficient (Wildman–Crippen LogP) is 4.76. The van der Waals surface area contributed by atoms with Gasteiger partial charge in [0.05, 0.1) is 11.3 Å². The fourth-order valence-electron chi connectivity index (χ4n) is 7.29. The third kappa shape index (κ3) is 4.57. The largest absolute Gasteiger partial charge is 0.445 e. The van der Waals surface area contributed by atoms with E-state index >= 15 is 0 Å². The molecule has 1 amide bonds. The number of likely N-dealkylation sites (tertiary alicyclic amines) is 1. The molecule has 7 heteroatoms. The summed E-state index contributed by atoms with van der Waals surface area (Å²) in [5, 5.41) is 9.05. The van der Waals surface area contributed by atoms with Gasteiger partial charge >= 0.3 is 5.97 Å². The van der Waals surface area contributed by atoms with Gasteiger partial charge in [-0.2, -0.15) is 0 Å². The number of hydrogen-bond acceptors (Lipinski definition) is 5. The zero-order chi connectivity index (χ0) is 24.7. The van der Waals surface area contributed by atoms with Gasteiger partial charge in [-0.25, -0.2) is 4.79 Å². The summed E-state index contributed by atoms with van der Waals surface area (Å²) in [4.78, 5) is 28.0. The zero-order valence-electron chi connectivity index (χ0n) is 21.4. The monoisotopic (exact) mass is 490 g/mol. The van der Waals surface area contributed by atoms with Crippen molar-refractivity contribution < 1.29 is 14.3 Å². The lowest BCUT2D eigenvalue weighted by molar-refractivity contribution is -0.151. The van der Waals surface area contributed by atoms with Crippen LogP contribution in [0.5, 0.6) is 0 Å². The number of nitrogens with zero attached hydrogens (tertiary/aromatic N) is 4. The minimum Gasteiger partial charge on any atom is -0.445 e. The summed E-state index contributed by atoms with van der Waals surface area (Å²) >= 11 is 0. The summed E-state index contributed by atoms with van der Waals surface area (Å²) in [5.41, 5.74) is 1.55. The van der Waals surface area contributed by atoms with Gasteiger partial charge in [0.1, 0.15) is 0 Å². The Morgan fingerprint density at radius 2 is 1.94 bits per heavy atom. The Bertz CT molecular complexity index is 1120. The lowest BCUT2D eigenvalue weighted by atomic mass is 9.64. The molecule has 3 atom stereocenters. The van der Waals surface area contributed by atoms with Crippen LogP contribution in [0.4, 0.5) is 0 Å². The van der Waals surface area contributed by atoms with Crippen LogP contribution >= 0.6 is 0 Å². The average molecular weight is 491 g/mol. The van der Waals surface area contributed by atoms with Crippen molar-refractivity contribution in [3.05, 3.63) is 47.3 Å². The number of carbonyl (C=O) groups is 2. The Balaban J connectivity index is 1.03. The second-order valence-corrected chi connectivity index (χ2v) is 11.9. The molecule has 3 aliphatic carbocycles. The van der Waals surface area contributed by atoms with Gasteiger partial charge in [-0.3, -0.25) is 9.48 Å². The number of ether oxygens (including phenoxy) is 1. The standard InChI is InChI=1S/C29H38N4O3/c1-29(18-23-6-2-3-7-24(23)27(34)36-29)28(35)32-14-4-5-20(12-15-32)13-16-33-19-26(30-31-33)25-17-21-8-10-22(25)11-9-21/h2-3,6-7,19-22,25H,4-5,8-18H2,1H3. The van der Waals surface area contributed by atoms with Crippen molar-refractivity contribution >= 4 is 11.9 Å². The molecule has 0 radical (unpaired) electrons. The molecule has 1 saturated heterocycles. The smallest absolute Gasteiger partial charge is 0.339 e. The first kappa shape index (κ1) is 23.7. The van der Waals surface area contributed by atoms with Gasteiger partial charge in [-0.05, 0) is 81.3 Å². The second kappa shape index (κ2) is 9.64. The topological polar surface area (TPSA) is 77.3 Å². The summed E-state index contributed by atoms with van der Waals surface area (Å²) in [7, 11) is 0. The van der Waals surface area contributed by atoms with E-state index in [1.807, 2.05) is 27.8 Å². The van der Waals surface area contributed by atoms with E-state index in [-0.39, 0.29) is 5.91 Å². The van der Waals surface area contributed by atoms with Gasteiger partial charge < -0.3 is 9.64 Å². The summed E-state index contributed by atoms with van der Waals surface area (Å²) in [6.45, 7) is 4.10. The quantitative estimate of drug-likeness (QED) is 0.565. The van der Waals surface area contributed by atoms with Crippen molar-refractivity contribution in [1.82, 2.24) is 19.9 Å². The van der Waals surface area contributed by atoms with Crippen molar-refractivity contribution in [1.29, 1.82) is 0 Å². The maximum atomic E-state index is 13.5. The van der Waals surface area contributed by atoms with Gasteiger partial charge in [0.2, 0.25) is 0 Å². The van der Waals surface area contributed by atoms with E-state index in [0.29, 0.717) is 30.4 Å². The molecule has 36 heavy (non-hydrogen) atoms. The highest BCUT2D eigenvalue weighted by Crippen LogP contribution is 2.49. The van der Waals surface area contributed by atoms with Crippen LogP contribution in [-0.2, 0) is 22.5 Å². The van der Waals surface area contributed by atoms with E-state index in [0.717, 1.165) is 56.2 Å². The Kier molecular flexibility index (Phi) is 6.34. The Morgan fingerprint density at radius 1 is 1.11 bits per heavy atom. The highest BCUT2D eigenvalue weighted by molar-refractivity contribution is 5.97. The minimum atomic E-state index is -1.12. The number of benzene rings is 1. The SMILES string of the molecule is CC1(C(=O)N2CCCC(CCn3cc(C4CC5CCC4CC5)nn3)CC2)Cc2ccccc2C(=O)O1. The first-order valence-corrected chi connectivity index (χ1v) is 14.0. The summed E-state index contributed by atoms with van der Waals surface area (Å²) < 4.78 is 7.76. The molecule has 3 saturated carbocycles. The number of cyclic esters (lactones) is 1. The van der Waals surface area contributed by atoms with Gasteiger partial charge in [0.25, 0.3) is 5.91 Å². The fourth-order valence-corrected chi connectivity index (χ4v) is 7.29. The average Bonchev–Trinajstić information content (AvgIpc) is 3.25. The fraction of sp³-hybridized carbons (Fsp3) is 0.655. The molecule has 2 bridgehead atoms. The van der Waals surface area contributed by atoms with Crippen LogP contribution in [0.2, 0.25) is 0 Å². The van der Waals surface area contributed by atoms with Crippen LogP contribution in [0, 0.1) is 17.8 Å². The van der Waals surface area contributed by atoms with Crippen LogP contribution in [0.3, 0.4) is 0 Å². The van der Waals surface area contributed by atoms with Crippen LogP contribution in [0.15, 0.2) is 30.5 Å². The maximum absolute atomic E-state index is 13.5. The molecule has 2 aromatic rings. The van der Waals surface area contributed by atoms with Crippen LogP contribution in [-0.4, -0.2) is 50.5 Å². The third-order valence-electron chi connectivity index (χ3n) is 9.42. The number of amides is 1. The van der Waals surface area contributed by atoms with Gasteiger partial charge in [-0.1, -0.05) is 36.3 Å². The normalized spacial score (nSPS) is 32.0. The number of fused-ring (bicyclic) bond motifs is 4. The van der Waals surface area contributed by atoms with E-state index in [4.69, 9.17) is 4.74 Å². The number of aromatic nitrogens is 3. The first-order chi connectivity index (χ1) is 17.5. The van der Waals surface area contributed by atoms with E-state index in [1.54, 1.807) is 13.0 Å². The molecule has 7 nitrogen and oxygen atoms in total. The van der Waals surface area contributed by atoms with Gasteiger partial charge in [0, 0.05) is 38.2 Å². The molecule has 4 fully saturated rings. The number of carbonyl (C=O) groups excluding carboxylic acids is 2. The molecule has 1 aromatic carbocycles. The third-order valence-corrected chi connectivity index (χ3v) is 9.42. The summed E-state index contributed by atoms with van der Waals surface area (Å²) in [6.07, 6.45) is 13.6. The van der Waals surface area contributed by atoms with Gasteiger partial charge in [-0.15, -0.1) is 5.10 Å². The number of aryl methyl sites for hydroxylation is 1. The number of rotatable bonds is 5. The molecule has 1 aromatic heterocycles. The van der Waals surface area contributed by atoms with Crippen molar-refractivity contribution in [3.8, 4) is 0 Å². The molecule has 5 aliphatic rings. The molecule has 0 N–H and O–H groups in total. The van der Waals surface area contributed by atoms with E-state index < -0.39 is 11.6 Å². The van der Waals surface area contributed by atoms with E-state index in [2.05, 4.69) is 16.5 Å². The number of esters is 1. The van der Waals surface area contributed by atoms with Crippen molar-refractivity contribution in [3.63, 3.8) is 0 Å². The molecule has 3 unspecified atom stereocenters. The van der Waals surface area contributed by atoms with Crippen molar-refractivity contribution in [2.24, 2.45) is 17.8 Å². The second-order valence-electron chi connectivity index (χ2n) is 11.9. The molecule has 0 spiro atoms. The Labute approximate surface area is 213 Å².